The van der Waals surface area contributed by atoms with Gasteiger partial charge in [-0.05, 0) is 54.5 Å². The first-order valence-corrected chi connectivity index (χ1v) is 11.6. The SMILES string of the molecule is COc1cccc(/C=C2/NC(=O)N(CC(=O)Nc3cccc(C)c3)C2=O)c1OCc1cccc(C(=O)O)c1. The van der Waals surface area contributed by atoms with Gasteiger partial charge in [0.05, 0.1) is 12.7 Å². The number of imide groups is 1. The van der Waals surface area contributed by atoms with Crippen LogP contribution in [0.25, 0.3) is 6.08 Å². The molecule has 1 aliphatic rings. The molecule has 0 radical (unpaired) electrons. The average molecular weight is 516 g/mol. The highest BCUT2D eigenvalue weighted by atomic mass is 16.5. The average Bonchev–Trinajstić information content (AvgIpc) is 3.15. The van der Waals surface area contributed by atoms with E-state index < -0.39 is 30.4 Å². The summed E-state index contributed by atoms with van der Waals surface area (Å²) in [6.07, 6.45) is 1.43. The third-order valence-corrected chi connectivity index (χ3v) is 5.65. The summed E-state index contributed by atoms with van der Waals surface area (Å²) in [6.45, 7) is 1.45. The fourth-order valence-corrected chi connectivity index (χ4v) is 3.85. The predicted octanol–water partition coefficient (Wildman–Crippen LogP) is 3.81. The maximum absolute atomic E-state index is 13.0. The van der Waals surface area contributed by atoms with E-state index in [1.165, 1.54) is 25.3 Å². The van der Waals surface area contributed by atoms with Gasteiger partial charge in [0.2, 0.25) is 5.91 Å². The molecule has 1 heterocycles. The molecule has 0 spiro atoms. The number of ether oxygens (including phenoxy) is 2. The Morgan fingerprint density at radius 2 is 1.82 bits per heavy atom. The minimum Gasteiger partial charge on any atom is -0.493 e. The molecule has 0 atom stereocenters. The number of aryl methyl sites for hydroxylation is 1. The number of aromatic carboxylic acids is 1. The molecule has 1 saturated heterocycles. The third-order valence-electron chi connectivity index (χ3n) is 5.65. The number of rotatable bonds is 9. The van der Waals surface area contributed by atoms with E-state index in [1.807, 2.05) is 13.0 Å². The van der Waals surface area contributed by atoms with Crippen molar-refractivity contribution in [3.8, 4) is 11.5 Å². The summed E-state index contributed by atoms with van der Waals surface area (Å²) in [4.78, 5) is 50.0. The molecule has 3 aromatic rings. The first-order valence-electron chi connectivity index (χ1n) is 11.6. The number of methoxy groups -OCH3 is 1. The molecule has 4 amide bonds. The molecule has 0 aliphatic carbocycles. The lowest BCUT2D eigenvalue weighted by Crippen LogP contribution is -2.38. The molecule has 0 unspecified atom stereocenters. The molecule has 3 aromatic carbocycles. The van der Waals surface area contributed by atoms with E-state index in [0.29, 0.717) is 28.3 Å². The van der Waals surface area contributed by atoms with Crippen LogP contribution in [0.5, 0.6) is 11.5 Å². The number of anilines is 1. The summed E-state index contributed by atoms with van der Waals surface area (Å²) in [7, 11) is 1.46. The van der Waals surface area contributed by atoms with Gasteiger partial charge < -0.3 is 25.2 Å². The van der Waals surface area contributed by atoms with Gasteiger partial charge in [0.15, 0.2) is 11.5 Å². The van der Waals surface area contributed by atoms with Crippen molar-refractivity contribution in [1.29, 1.82) is 0 Å². The molecular weight excluding hydrogens is 490 g/mol. The largest absolute Gasteiger partial charge is 0.493 e. The number of nitrogens with zero attached hydrogens (tertiary/aromatic N) is 1. The zero-order chi connectivity index (χ0) is 27.2. The van der Waals surface area contributed by atoms with E-state index in [0.717, 1.165) is 10.5 Å². The van der Waals surface area contributed by atoms with Crippen LogP contribution in [0.4, 0.5) is 10.5 Å². The fourth-order valence-electron chi connectivity index (χ4n) is 3.85. The predicted molar refractivity (Wildman–Crippen MR) is 139 cm³/mol. The Bertz CT molecular complexity index is 1450. The molecule has 0 bridgehead atoms. The van der Waals surface area contributed by atoms with Crippen molar-refractivity contribution in [2.45, 2.75) is 13.5 Å². The second-order valence-corrected chi connectivity index (χ2v) is 8.47. The van der Waals surface area contributed by atoms with Crippen molar-refractivity contribution >= 4 is 35.6 Å². The van der Waals surface area contributed by atoms with Crippen LogP contribution in [0, 0.1) is 6.92 Å². The van der Waals surface area contributed by atoms with Crippen molar-refractivity contribution in [1.82, 2.24) is 10.2 Å². The van der Waals surface area contributed by atoms with Crippen LogP contribution in [0.1, 0.15) is 27.0 Å². The third kappa shape index (κ3) is 5.98. The van der Waals surface area contributed by atoms with Crippen LogP contribution < -0.4 is 20.1 Å². The number of carboxylic acids is 1. The lowest BCUT2D eigenvalue weighted by molar-refractivity contribution is -0.127. The fraction of sp³-hybridized carbons (Fsp3) is 0.143. The van der Waals surface area contributed by atoms with Gasteiger partial charge in [0.1, 0.15) is 18.8 Å². The maximum Gasteiger partial charge on any atom is 0.335 e. The van der Waals surface area contributed by atoms with E-state index in [9.17, 15) is 24.3 Å². The minimum absolute atomic E-state index is 0.0310. The van der Waals surface area contributed by atoms with Gasteiger partial charge in [-0.2, -0.15) is 0 Å². The first-order chi connectivity index (χ1) is 18.2. The van der Waals surface area contributed by atoms with E-state index >= 15 is 0 Å². The van der Waals surface area contributed by atoms with Crippen LogP contribution in [-0.4, -0.2) is 47.5 Å². The zero-order valence-electron chi connectivity index (χ0n) is 20.7. The lowest BCUT2D eigenvalue weighted by Gasteiger charge is -2.14. The van der Waals surface area contributed by atoms with Crippen molar-refractivity contribution in [2.24, 2.45) is 0 Å². The molecular formula is C28H25N3O7. The Morgan fingerprint density at radius 1 is 1.05 bits per heavy atom. The second kappa shape index (κ2) is 11.3. The van der Waals surface area contributed by atoms with Crippen molar-refractivity contribution in [2.75, 3.05) is 19.0 Å². The maximum atomic E-state index is 13.0. The molecule has 10 heteroatoms. The molecule has 1 aliphatic heterocycles. The summed E-state index contributed by atoms with van der Waals surface area (Å²) in [5.74, 6) is -1.57. The quantitative estimate of drug-likeness (QED) is 0.291. The van der Waals surface area contributed by atoms with E-state index in [2.05, 4.69) is 10.6 Å². The van der Waals surface area contributed by atoms with E-state index in [1.54, 1.807) is 48.5 Å². The lowest BCUT2D eigenvalue weighted by atomic mass is 10.1. The van der Waals surface area contributed by atoms with Gasteiger partial charge in [-0.15, -0.1) is 0 Å². The van der Waals surface area contributed by atoms with E-state index in [4.69, 9.17) is 9.47 Å². The van der Waals surface area contributed by atoms with Crippen LogP contribution in [0.3, 0.4) is 0 Å². The number of para-hydroxylation sites is 1. The van der Waals surface area contributed by atoms with Gasteiger partial charge >= 0.3 is 12.0 Å². The minimum atomic E-state index is -1.05. The molecule has 10 nitrogen and oxygen atoms in total. The van der Waals surface area contributed by atoms with Crippen molar-refractivity contribution < 1.29 is 33.8 Å². The highest BCUT2D eigenvalue weighted by Gasteiger charge is 2.35. The molecule has 194 valence electrons. The van der Waals surface area contributed by atoms with Crippen molar-refractivity contribution in [3.63, 3.8) is 0 Å². The molecule has 38 heavy (non-hydrogen) atoms. The van der Waals surface area contributed by atoms with Crippen LogP contribution in [0.2, 0.25) is 0 Å². The number of carbonyl (C=O) groups is 4. The summed E-state index contributed by atoms with van der Waals surface area (Å²) in [6, 6.07) is 17.8. The number of nitrogens with one attached hydrogen (secondary N) is 2. The highest BCUT2D eigenvalue weighted by molar-refractivity contribution is 6.16. The Labute approximate surface area is 218 Å². The Balaban J connectivity index is 1.52. The summed E-state index contributed by atoms with van der Waals surface area (Å²) in [5.41, 5.74) is 2.65. The molecule has 3 N–H and O–H groups in total. The van der Waals surface area contributed by atoms with Crippen molar-refractivity contribution in [3.05, 3.63) is 94.7 Å². The Kier molecular flexibility index (Phi) is 7.72. The number of carboxylic acid groups (broad SMARTS) is 1. The van der Waals surface area contributed by atoms with Gasteiger partial charge in [0, 0.05) is 11.3 Å². The van der Waals surface area contributed by atoms with Gasteiger partial charge in [-0.3, -0.25) is 9.59 Å². The highest BCUT2D eigenvalue weighted by Crippen LogP contribution is 2.34. The van der Waals surface area contributed by atoms with Gasteiger partial charge in [-0.1, -0.05) is 36.4 Å². The Morgan fingerprint density at radius 3 is 2.55 bits per heavy atom. The number of hydrogen-bond acceptors (Lipinski definition) is 6. The number of carbonyl (C=O) groups excluding carboxylic acids is 3. The standard InChI is InChI=1S/C28H25N3O7/c1-17-6-3-10-21(12-17)29-24(32)15-31-26(33)22(30-28(31)36)14-19-8-5-11-23(37-2)25(19)38-16-18-7-4-9-20(13-18)27(34)35/h3-14H,15-16H2,1-2H3,(H,29,32)(H,30,36)(H,34,35)/b22-14+. The van der Waals surface area contributed by atoms with Crippen LogP contribution in [0.15, 0.2) is 72.4 Å². The molecule has 4 rings (SSSR count). The summed E-state index contributed by atoms with van der Waals surface area (Å²) < 4.78 is 11.4. The second-order valence-electron chi connectivity index (χ2n) is 8.47. The van der Waals surface area contributed by atoms with Crippen LogP contribution in [-0.2, 0) is 16.2 Å². The summed E-state index contributed by atoms with van der Waals surface area (Å²) in [5, 5.41) is 14.4. The first kappa shape index (κ1) is 26.0. The molecule has 1 fully saturated rings. The van der Waals surface area contributed by atoms with Crippen LogP contribution >= 0.6 is 0 Å². The molecule has 0 saturated carbocycles. The normalized spacial score (nSPS) is 13.8. The smallest absolute Gasteiger partial charge is 0.335 e. The monoisotopic (exact) mass is 515 g/mol. The number of urea groups is 1. The molecule has 0 aromatic heterocycles. The number of hydrogen-bond donors (Lipinski definition) is 3. The topological polar surface area (TPSA) is 134 Å². The van der Waals surface area contributed by atoms with Gasteiger partial charge in [0.25, 0.3) is 5.91 Å². The number of amides is 4. The Hall–Kier alpha value is -5.12. The van der Waals surface area contributed by atoms with Gasteiger partial charge in [-0.25, -0.2) is 14.5 Å². The summed E-state index contributed by atoms with van der Waals surface area (Å²) >= 11 is 0. The van der Waals surface area contributed by atoms with E-state index in [-0.39, 0.29) is 17.9 Å². The number of benzene rings is 3. The zero-order valence-corrected chi connectivity index (χ0v) is 20.7.